The third-order valence-electron chi connectivity index (χ3n) is 1.89. The van der Waals surface area contributed by atoms with Gasteiger partial charge in [0.1, 0.15) is 0 Å². The zero-order valence-corrected chi connectivity index (χ0v) is 7.38. The molecule has 0 amide bonds. The highest BCUT2D eigenvalue weighted by atomic mass is 16.6. The molecule has 1 aliphatic carbocycles. The van der Waals surface area contributed by atoms with Crippen LogP contribution in [0.4, 0.5) is 0 Å². The monoisotopic (exact) mass is 159 g/mol. The molecule has 0 radical (unpaired) electrons. The normalized spacial score (nSPS) is 18.4. The van der Waals surface area contributed by atoms with E-state index in [2.05, 4.69) is 6.92 Å². The molecular weight excluding hydrogens is 142 g/mol. The van der Waals surface area contributed by atoms with Gasteiger partial charge in [-0.2, -0.15) is 0 Å². The molecular formula is C8H17NO2. The van der Waals surface area contributed by atoms with Gasteiger partial charge in [0, 0.05) is 4.92 Å². The van der Waals surface area contributed by atoms with Crippen LogP contribution in [0, 0.1) is 16.0 Å². The van der Waals surface area contributed by atoms with E-state index in [0.717, 1.165) is 13.0 Å². The Morgan fingerprint density at radius 2 is 1.64 bits per heavy atom. The largest absolute Gasteiger partial charge is 0.265 e. The summed E-state index contributed by atoms with van der Waals surface area (Å²) in [6.07, 6.45) is 7.44. The second-order valence-corrected chi connectivity index (χ2v) is 3.18. The summed E-state index contributed by atoms with van der Waals surface area (Å²) in [5.41, 5.74) is 0. The lowest BCUT2D eigenvalue weighted by molar-refractivity contribution is -0.445. The molecule has 0 aromatic carbocycles. The van der Waals surface area contributed by atoms with Crippen molar-refractivity contribution in [1.82, 2.24) is 0 Å². The zero-order valence-electron chi connectivity index (χ0n) is 7.38. The number of nitro groups is 1. The number of rotatable bonds is 0. The van der Waals surface area contributed by atoms with Crippen LogP contribution >= 0.6 is 0 Å². The lowest BCUT2D eigenvalue weighted by atomic mass is 9.91. The molecule has 66 valence electrons. The third kappa shape index (κ3) is 9.40. The van der Waals surface area contributed by atoms with Crippen LogP contribution < -0.4 is 0 Å². The second kappa shape index (κ2) is 6.13. The van der Waals surface area contributed by atoms with E-state index in [1.165, 1.54) is 32.1 Å². The highest BCUT2D eigenvalue weighted by molar-refractivity contribution is 4.59. The fourth-order valence-corrected chi connectivity index (χ4v) is 1.31. The molecule has 0 N–H and O–H groups in total. The Hall–Kier alpha value is -0.600. The van der Waals surface area contributed by atoms with Crippen molar-refractivity contribution in [3.63, 3.8) is 0 Å². The maximum atomic E-state index is 8.81. The van der Waals surface area contributed by atoms with Crippen molar-refractivity contribution in [2.75, 3.05) is 7.05 Å². The average molecular weight is 159 g/mol. The van der Waals surface area contributed by atoms with E-state index in [9.17, 15) is 0 Å². The molecule has 1 aliphatic rings. The van der Waals surface area contributed by atoms with E-state index in [1.807, 2.05) is 0 Å². The Morgan fingerprint density at radius 1 is 1.27 bits per heavy atom. The highest BCUT2D eigenvalue weighted by Gasteiger charge is 2.05. The Bertz CT molecular complexity index is 105. The molecule has 0 saturated heterocycles. The molecule has 1 fully saturated rings. The van der Waals surface area contributed by atoms with Gasteiger partial charge in [-0.1, -0.05) is 39.0 Å². The lowest BCUT2D eigenvalue weighted by Crippen LogP contribution is -1.99. The van der Waals surface area contributed by atoms with E-state index >= 15 is 0 Å². The van der Waals surface area contributed by atoms with Crippen LogP contribution in [0.2, 0.25) is 0 Å². The summed E-state index contributed by atoms with van der Waals surface area (Å²) in [4.78, 5) is 8.31. The van der Waals surface area contributed by atoms with Crippen LogP contribution in [-0.4, -0.2) is 12.0 Å². The second-order valence-electron chi connectivity index (χ2n) is 3.18. The van der Waals surface area contributed by atoms with Crippen LogP contribution in [0.5, 0.6) is 0 Å². The van der Waals surface area contributed by atoms with Gasteiger partial charge in [-0.25, -0.2) is 0 Å². The predicted octanol–water partition coefficient (Wildman–Crippen LogP) is 2.48. The van der Waals surface area contributed by atoms with Crippen LogP contribution in [0.25, 0.3) is 0 Å². The number of nitrogens with zero attached hydrogens (tertiary/aromatic N) is 1. The first-order chi connectivity index (χ1) is 5.13. The molecule has 3 heteroatoms. The predicted molar refractivity (Wildman–Crippen MR) is 45.2 cm³/mol. The summed E-state index contributed by atoms with van der Waals surface area (Å²) in [7, 11) is 0.889. The lowest BCUT2D eigenvalue weighted by Gasteiger charge is -2.15. The van der Waals surface area contributed by atoms with Gasteiger partial charge in [0.2, 0.25) is 0 Å². The number of hydrogen-bond donors (Lipinski definition) is 0. The quantitative estimate of drug-likeness (QED) is 0.402. The van der Waals surface area contributed by atoms with Gasteiger partial charge in [-0.05, 0) is 5.92 Å². The summed E-state index contributed by atoms with van der Waals surface area (Å²) in [5.74, 6) is 1.04. The molecule has 11 heavy (non-hydrogen) atoms. The number of hydrogen-bond acceptors (Lipinski definition) is 2. The van der Waals surface area contributed by atoms with Gasteiger partial charge < -0.3 is 0 Å². The fraction of sp³-hybridized carbons (Fsp3) is 1.00. The van der Waals surface area contributed by atoms with Gasteiger partial charge >= 0.3 is 0 Å². The zero-order chi connectivity index (χ0) is 8.69. The van der Waals surface area contributed by atoms with Gasteiger partial charge in [-0.15, -0.1) is 0 Å². The standard InChI is InChI=1S/C7H14.CH3NO2/c1-7-5-3-2-4-6-7;1-2(3)4/h7H,2-6H2,1H3;1H3. The van der Waals surface area contributed by atoms with Crippen molar-refractivity contribution in [1.29, 1.82) is 0 Å². The van der Waals surface area contributed by atoms with Crippen molar-refractivity contribution in [3.8, 4) is 0 Å². The van der Waals surface area contributed by atoms with Crippen LogP contribution in [0.15, 0.2) is 0 Å². The van der Waals surface area contributed by atoms with Gasteiger partial charge in [0.25, 0.3) is 0 Å². The van der Waals surface area contributed by atoms with E-state index < -0.39 is 4.92 Å². The summed E-state index contributed by atoms with van der Waals surface area (Å²) in [6, 6.07) is 0. The molecule has 3 nitrogen and oxygen atoms in total. The molecule has 0 unspecified atom stereocenters. The van der Waals surface area contributed by atoms with E-state index in [4.69, 9.17) is 10.1 Å². The first-order valence-corrected chi connectivity index (χ1v) is 4.21. The van der Waals surface area contributed by atoms with Gasteiger partial charge in [0.15, 0.2) is 7.05 Å². The molecule has 0 bridgehead atoms. The average Bonchev–Trinajstić information content (AvgIpc) is 1.87. The molecule has 1 rings (SSSR count). The molecule has 1 saturated carbocycles. The first-order valence-electron chi connectivity index (χ1n) is 4.21. The highest BCUT2D eigenvalue weighted by Crippen LogP contribution is 2.21. The SMILES string of the molecule is CC1CCCCC1.C[N+](=O)[O-]. The summed E-state index contributed by atoms with van der Waals surface area (Å²) in [6.45, 7) is 2.36. The van der Waals surface area contributed by atoms with Crippen LogP contribution in [0.3, 0.4) is 0 Å². The summed E-state index contributed by atoms with van der Waals surface area (Å²) >= 11 is 0. The van der Waals surface area contributed by atoms with E-state index in [0.29, 0.717) is 0 Å². The van der Waals surface area contributed by atoms with Crippen LogP contribution in [0.1, 0.15) is 39.0 Å². The van der Waals surface area contributed by atoms with Crippen LogP contribution in [-0.2, 0) is 0 Å². The molecule has 0 aliphatic heterocycles. The van der Waals surface area contributed by atoms with Crippen molar-refractivity contribution in [3.05, 3.63) is 10.1 Å². The summed E-state index contributed by atoms with van der Waals surface area (Å²) < 4.78 is 0. The topological polar surface area (TPSA) is 43.1 Å². The smallest absolute Gasteiger partial charge is 0.194 e. The summed E-state index contributed by atoms with van der Waals surface area (Å²) in [5, 5.41) is 8.81. The molecule has 0 aromatic rings. The third-order valence-corrected chi connectivity index (χ3v) is 1.89. The molecule has 0 spiro atoms. The van der Waals surface area contributed by atoms with E-state index in [-0.39, 0.29) is 0 Å². The Labute approximate surface area is 67.9 Å². The molecule has 0 atom stereocenters. The Kier molecular flexibility index (Phi) is 5.80. The van der Waals surface area contributed by atoms with Gasteiger partial charge in [0.05, 0.1) is 0 Å². The Morgan fingerprint density at radius 3 is 1.82 bits per heavy atom. The Balaban J connectivity index is 0.000000218. The fourth-order valence-electron chi connectivity index (χ4n) is 1.31. The minimum atomic E-state index is -0.500. The van der Waals surface area contributed by atoms with Crippen molar-refractivity contribution in [2.24, 2.45) is 5.92 Å². The first kappa shape index (κ1) is 10.4. The molecule has 0 aromatic heterocycles. The van der Waals surface area contributed by atoms with Gasteiger partial charge in [-0.3, -0.25) is 10.1 Å². The molecule has 0 heterocycles. The van der Waals surface area contributed by atoms with Crippen molar-refractivity contribution in [2.45, 2.75) is 39.0 Å². The minimum absolute atomic E-state index is 0.500. The maximum absolute atomic E-state index is 8.81. The van der Waals surface area contributed by atoms with E-state index in [1.54, 1.807) is 0 Å². The van der Waals surface area contributed by atoms with Crippen molar-refractivity contribution < 1.29 is 4.92 Å². The minimum Gasteiger partial charge on any atom is -0.265 e. The maximum Gasteiger partial charge on any atom is 0.194 e. The van der Waals surface area contributed by atoms with Crippen molar-refractivity contribution >= 4 is 0 Å².